The zero-order valence-electron chi connectivity index (χ0n) is 17.9. The maximum atomic E-state index is 13.1. The molecule has 0 amide bonds. The topological polar surface area (TPSA) is 80.8 Å². The Morgan fingerprint density at radius 1 is 1.00 bits per heavy atom. The lowest BCUT2D eigenvalue weighted by molar-refractivity contribution is -0.148. The van der Waals surface area contributed by atoms with E-state index in [1.165, 1.54) is 16.4 Å². The van der Waals surface area contributed by atoms with Gasteiger partial charge in [0, 0.05) is 18.7 Å². The van der Waals surface area contributed by atoms with E-state index in [0.29, 0.717) is 18.4 Å². The van der Waals surface area contributed by atoms with Crippen LogP contribution < -0.4 is 0 Å². The van der Waals surface area contributed by atoms with E-state index in [-0.39, 0.29) is 30.4 Å². The van der Waals surface area contributed by atoms with Crippen LogP contribution in [0, 0.1) is 32.5 Å². The predicted octanol–water partition coefficient (Wildman–Crippen LogP) is 3.58. The second-order valence-corrected chi connectivity index (χ2v) is 9.85. The van der Waals surface area contributed by atoms with Gasteiger partial charge in [-0.05, 0) is 80.6 Å². The normalized spacial score (nSPS) is 15.6. The summed E-state index contributed by atoms with van der Waals surface area (Å²) in [6, 6.07) is 8.40. The van der Waals surface area contributed by atoms with Crippen molar-refractivity contribution in [3.05, 3.63) is 64.5 Å². The molecule has 3 rings (SSSR count). The number of halogens is 1. The number of benzene rings is 2. The molecule has 0 spiro atoms. The second kappa shape index (κ2) is 9.28. The first kappa shape index (κ1) is 23.1. The van der Waals surface area contributed by atoms with Crippen molar-refractivity contribution in [2.45, 2.75) is 38.5 Å². The van der Waals surface area contributed by atoms with Crippen molar-refractivity contribution in [3.8, 4) is 0 Å². The number of carbonyl (C=O) groups is 2. The van der Waals surface area contributed by atoms with Crippen molar-refractivity contribution < 1.29 is 27.1 Å². The maximum Gasteiger partial charge on any atom is 0.309 e. The lowest BCUT2D eigenvalue weighted by Crippen LogP contribution is -2.40. The van der Waals surface area contributed by atoms with Crippen LogP contribution in [0.2, 0.25) is 0 Å². The highest BCUT2D eigenvalue weighted by Crippen LogP contribution is 2.25. The molecule has 0 aromatic heterocycles. The monoisotopic (exact) mass is 447 g/mol. The van der Waals surface area contributed by atoms with Crippen LogP contribution in [0.1, 0.15) is 39.9 Å². The fourth-order valence-corrected chi connectivity index (χ4v) is 5.15. The Morgan fingerprint density at radius 2 is 1.58 bits per heavy atom. The lowest BCUT2D eigenvalue weighted by Gasteiger charge is -2.30. The van der Waals surface area contributed by atoms with E-state index in [9.17, 15) is 22.4 Å². The van der Waals surface area contributed by atoms with Gasteiger partial charge in [0.1, 0.15) is 5.82 Å². The third kappa shape index (κ3) is 5.19. The summed E-state index contributed by atoms with van der Waals surface area (Å²) in [5.41, 5.74) is 3.46. The number of carbonyl (C=O) groups excluding carboxylic acids is 2. The van der Waals surface area contributed by atoms with Gasteiger partial charge in [-0.2, -0.15) is 4.31 Å². The van der Waals surface area contributed by atoms with Crippen LogP contribution in [0.3, 0.4) is 0 Å². The van der Waals surface area contributed by atoms with Gasteiger partial charge in [0.25, 0.3) is 0 Å². The quantitative estimate of drug-likeness (QED) is 0.500. The Bertz CT molecular complexity index is 1090. The first-order valence-electron chi connectivity index (χ1n) is 10.1. The molecule has 0 saturated carbocycles. The molecule has 1 heterocycles. The van der Waals surface area contributed by atoms with Crippen molar-refractivity contribution in [1.82, 2.24) is 4.31 Å². The Kier molecular flexibility index (Phi) is 6.91. The molecule has 2 aromatic rings. The average molecular weight is 448 g/mol. The minimum atomic E-state index is -3.74. The molecule has 31 heavy (non-hydrogen) atoms. The number of esters is 1. The van der Waals surface area contributed by atoms with Crippen LogP contribution in [0.5, 0.6) is 0 Å². The number of rotatable bonds is 6. The Morgan fingerprint density at radius 3 is 2.19 bits per heavy atom. The number of hydrogen-bond donors (Lipinski definition) is 0. The fourth-order valence-electron chi connectivity index (χ4n) is 3.68. The van der Waals surface area contributed by atoms with Gasteiger partial charge in [-0.1, -0.05) is 6.07 Å². The summed E-state index contributed by atoms with van der Waals surface area (Å²) in [6.45, 7) is 5.72. The van der Waals surface area contributed by atoms with Crippen LogP contribution in [-0.2, 0) is 19.6 Å². The van der Waals surface area contributed by atoms with Crippen molar-refractivity contribution in [3.63, 3.8) is 0 Å². The smallest absolute Gasteiger partial charge is 0.309 e. The van der Waals surface area contributed by atoms with E-state index < -0.39 is 27.7 Å². The molecule has 6 nitrogen and oxygen atoms in total. The molecular formula is C23H26FNO5S. The second-order valence-electron chi connectivity index (χ2n) is 7.91. The molecule has 2 aromatic carbocycles. The van der Waals surface area contributed by atoms with Crippen LogP contribution >= 0.6 is 0 Å². The minimum absolute atomic E-state index is 0.0179. The Labute approximate surface area is 182 Å². The summed E-state index contributed by atoms with van der Waals surface area (Å²) in [5.74, 6) is -1.72. The van der Waals surface area contributed by atoms with Crippen LogP contribution in [0.25, 0.3) is 0 Å². The molecule has 166 valence electrons. The Balaban J connectivity index is 1.55. The molecule has 8 heteroatoms. The van der Waals surface area contributed by atoms with Crippen LogP contribution in [0.4, 0.5) is 4.39 Å². The molecule has 1 fully saturated rings. The number of sulfonamides is 1. The number of nitrogens with zero attached hydrogens (tertiary/aromatic N) is 1. The molecule has 1 saturated heterocycles. The summed E-state index contributed by atoms with van der Waals surface area (Å²) < 4.78 is 44.9. The SMILES string of the molecule is Cc1cc(C)c(C(=O)COC(=O)C2CCN(S(=O)(=O)c3ccc(F)cc3)CC2)cc1C. The van der Waals surface area contributed by atoms with Gasteiger partial charge in [-0.3, -0.25) is 9.59 Å². The number of aryl methyl sites for hydroxylation is 3. The zero-order valence-corrected chi connectivity index (χ0v) is 18.7. The van der Waals surface area contributed by atoms with E-state index in [1.54, 1.807) is 6.07 Å². The summed E-state index contributed by atoms with van der Waals surface area (Å²) in [4.78, 5) is 24.9. The van der Waals surface area contributed by atoms with E-state index in [4.69, 9.17) is 4.74 Å². The molecular weight excluding hydrogens is 421 g/mol. The number of hydrogen-bond acceptors (Lipinski definition) is 5. The average Bonchev–Trinajstić information content (AvgIpc) is 2.74. The zero-order chi connectivity index (χ0) is 22.8. The van der Waals surface area contributed by atoms with Crippen molar-refractivity contribution in [2.24, 2.45) is 5.92 Å². The number of piperidine rings is 1. The molecule has 0 atom stereocenters. The highest BCUT2D eigenvalue weighted by atomic mass is 32.2. The van der Waals surface area contributed by atoms with E-state index >= 15 is 0 Å². The first-order chi connectivity index (χ1) is 14.6. The van der Waals surface area contributed by atoms with Gasteiger partial charge < -0.3 is 4.74 Å². The number of ketones is 1. The van der Waals surface area contributed by atoms with Crippen LogP contribution in [-0.4, -0.2) is 44.2 Å². The predicted molar refractivity (Wildman–Crippen MR) is 114 cm³/mol. The molecule has 0 aliphatic carbocycles. The van der Waals surface area contributed by atoms with Crippen molar-refractivity contribution in [1.29, 1.82) is 0 Å². The van der Waals surface area contributed by atoms with Gasteiger partial charge in [0.2, 0.25) is 15.8 Å². The van der Waals surface area contributed by atoms with Crippen molar-refractivity contribution >= 4 is 21.8 Å². The maximum absolute atomic E-state index is 13.1. The lowest BCUT2D eigenvalue weighted by atomic mass is 9.97. The summed E-state index contributed by atoms with van der Waals surface area (Å²) >= 11 is 0. The molecule has 0 N–H and O–H groups in total. The van der Waals surface area contributed by atoms with Crippen LogP contribution in [0.15, 0.2) is 41.3 Å². The highest BCUT2D eigenvalue weighted by molar-refractivity contribution is 7.89. The van der Waals surface area contributed by atoms with Crippen molar-refractivity contribution in [2.75, 3.05) is 19.7 Å². The summed E-state index contributed by atoms with van der Waals surface area (Å²) in [5, 5.41) is 0. The molecule has 0 unspecified atom stereocenters. The Hall–Kier alpha value is -2.58. The summed E-state index contributed by atoms with van der Waals surface area (Å²) in [6.07, 6.45) is 0.603. The molecule has 0 bridgehead atoms. The first-order valence-corrected chi connectivity index (χ1v) is 11.6. The van der Waals surface area contributed by atoms with Gasteiger partial charge in [-0.15, -0.1) is 0 Å². The number of Topliss-reactive ketones (excluding diaryl/α,β-unsaturated/α-hetero) is 1. The standard InChI is InChI=1S/C23H26FNO5S/c1-15-12-17(3)21(13-16(15)2)22(26)14-30-23(27)18-8-10-25(11-9-18)31(28,29)20-6-4-19(24)5-7-20/h4-7,12-13,18H,8-11,14H2,1-3H3. The van der Waals surface area contributed by atoms with E-state index in [0.717, 1.165) is 28.8 Å². The largest absolute Gasteiger partial charge is 0.457 e. The van der Waals surface area contributed by atoms with Gasteiger partial charge in [0.05, 0.1) is 10.8 Å². The molecule has 0 radical (unpaired) electrons. The van der Waals surface area contributed by atoms with Gasteiger partial charge >= 0.3 is 5.97 Å². The molecule has 1 aliphatic heterocycles. The van der Waals surface area contributed by atoms with E-state index in [1.807, 2.05) is 26.8 Å². The van der Waals surface area contributed by atoms with Gasteiger partial charge in [0.15, 0.2) is 6.61 Å². The third-order valence-corrected chi connectivity index (χ3v) is 7.64. The van der Waals surface area contributed by atoms with E-state index in [2.05, 4.69) is 0 Å². The third-order valence-electron chi connectivity index (χ3n) is 5.73. The number of ether oxygens (including phenoxy) is 1. The van der Waals surface area contributed by atoms with Gasteiger partial charge in [-0.25, -0.2) is 12.8 Å². The minimum Gasteiger partial charge on any atom is -0.457 e. The highest BCUT2D eigenvalue weighted by Gasteiger charge is 2.33. The summed E-state index contributed by atoms with van der Waals surface area (Å²) in [7, 11) is -3.74. The molecule has 1 aliphatic rings. The fraction of sp³-hybridized carbons (Fsp3) is 0.391.